The van der Waals surface area contributed by atoms with Crippen molar-refractivity contribution < 1.29 is 14.4 Å². The highest BCUT2D eigenvalue weighted by Gasteiger charge is 2.39. The largest absolute Gasteiger partial charge is 0.380 e. The number of hydrogen-bond acceptors (Lipinski definition) is 6. The molecule has 4 heterocycles. The molecule has 8 nitrogen and oxygen atoms in total. The average molecular weight is 405 g/mol. The lowest BCUT2D eigenvalue weighted by molar-refractivity contribution is -0.136. The molecule has 1 aromatic heterocycles. The first-order valence-electron chi connectivity index (χ1n) is 10.3. The molecule has 2 aromatic rings. The summed E-state index contributed by atoms with van der Waals surface area (Å²) in [7, 11) is 0. The van der Waals surface area contributed by atoms with E-state index in [0.29, 0.717) is 25.1 Å². The minimum Gasteiger partial charge on any atom is -0.380 e. The molecule has 1 fully saturated rings. The first-order chi connectivity index (χ1) is 14.6. The van der Waals surface area contributed by atoms with Crippen LogP contribution in [0.5, 0.6) is 0 Å². The Morgan fingerprint density at radius 2 is 2.07 bits per heavy atom. The topological polar surface area (TPSA) is 103 Å². The first-order valence-corrected chi connectivity index (χ1v) is 10.3. The van der Waals surface area contributed by atoms with Crippen LogP contribution < -0.4 is 16.0 Å². The van der Waals surface area contributed by atoms with Crippen LogP contribution in [0.1, 0.15) is 45.6 Å². The van der Waals surface area contributed by atoms with Crippen LogP contribution in [0.25, 0.3) is 0 Å². The van der Waals surface area contributed by atoms with Gasteiger partial charge in [0.25, 0.3) is 5.91 Å². The second-order valence-corrected chi connectivity index (χ2v) is 7.96. The van der Waals surface area contributed by atoms with Crippen molar-refractivity contribution in [2.75, 3.05) is 11.9 Å². The van der Waals surface area contributed by atoms with Gasteiger partial charge in [-0.05, 0) is 29.2 Å². The van der Waals surface area contributed by atoms with Crippen molar-refractivity contribution in [1.29, 1.82) is 0 Å². The van der Waals surface area contributed by atoms with E-state index in [0.717, 1.165) is 42.0 Å². The number of benzene rings is 1. The molecule has 1 unspecified atom stereocenters. The van der Waals surface area contributed by atoms with Gasteiger partial charge in [-0.3, -0.25) is 24.7 Å². The summed E-state index contributed by atoms with van der Waals surface area (Å²) in [5.74, 6) is -0.815. The average Bonchev–Trinajstić information content (AvgIpc) is 3.09. The summed E-state index contributed by atoms with van der Waals surface area (Å²) in [6.45, 7) is 2.65. The SMILES string of the molecule is O=C1CCC(N2Cc3cccc(CNc4cnc5c(c4)CNCC5)c3C2=O)C(=O)N1. The Hall–Kier alpha value is -3.26. The number of piperidine rings is 1. The summed E-state index contributed by atoms with van der Waals surface area (Å²) in [6, 6.07) is 7.31. The fraction of sp³-hybridized carbons (Fsp3) is 0.364. The first kappa shape index (κ1) is 18.7. The molecule has 3 N–H and O–H groups in total. The van der Waals surface area contributed by atoms with Crippen LogP contribution in [0.3, 0.4) is 0 Å². The number of carbonyl (C=O) groups is 3. The molecule has 0 radical (unpaired) electrons. The van der Waals surface area contributed by atoms with Gasteiger partial charge < -0.3 is 15.5 Å². The van der Waals surface area contributed by atoms with Gasteiger partial charge in [0.15, 0.2) is 0 Å². The van der Waals surface area contributed by atoms with E-state index in [4.69, 9.17) is 0 Å². The second-order valence-electron chi connectivity index (χ2n) is 7.96. The van der Waals surface area contributed by atoms with Crippen LogP contribution >= 0.6 is 0 Å². The smallest absolute Gasteiger partial charge is 0.255 e. The fourth-order valence-corrected chi connectivity index (χ4v) is 4.48. The summed E-state index contributed by atoms with van der Waals surface area (Å²) in [4.78, 5) is 43.0. The van der Waals surface area contributed by atoms with E-state index in [-0.39, 0.29) is 24.1 Å². The van der Waals surface area contributed by atoms with Crippen molar-refractivity contribution in [3.63, 3.8) is 0 Å². The third-order valence-corrected chi connectivity index (χ3v) is 6.04. The summed E-state index contributed by atoms with van der Waals surface area (Å²) in [5, 5.41) is 9.08. The van der Waals surface area contributed by atoms with E-state index in [1.165, 1.54) is 5.56 Å². The van der Waals surface area contributed by atoms with Gasteiger partial charge in [0.2, 0.25) is 11.8 Å². The third-order valence-electron chi connectivity index (χ3n) is 6.04. The third kappa shape index (κ3) is 3.33. The van der Waals surface area contributed by atoms with E-state index >= 15 is 0 Å². The van der Waals surface area contributed by atoms with Gasteiger partial charge in [-0.1, -0.05) is 18.2 Å². The van der Waals surface area contributed by atoms with Crippen LogP contribution in [-0.4, -0.2) is 40.2 Å². The number of carbonyl (C=O) groups excluding carboxylic acids is 3. The molecule has 3 amide bonds. The molecular weight excluding hydrogens is 382 g/mol. The number of imide groups is 1. The van der Waals surface area contributed by atoms with Gasteiger partial charge >= 0.3 is 0 Å². The van der Waals surface area contributed by atoms with Crippen LogP contribution in [0.15, 0.2) is 30.5 Å². The van der Waals surface area contributed by atoms with Crippen molar-refractivity contribution in [3.05, 3.63) is 58.4 Å². The quantitative estimate of drug-likeness (QED) is 0.659. The van der Waals surface area contributed by atoms with E-state index in [9.17, 15) is 14.4 Å². The molecule has 0 aliphatic carbocycles. The van der Waals surface area contributed by atoms with Gasteiger partial charge in [-0.2, -0.15) is 0 Å². The monoisotopic (exact) mass is 405 g/mol. The molecule has 1 aromatic carbocycles. The minimum atomic E-state index is -0.597. The molecule has 0 bridgehead atoms. The molecule has 30 heavy (non-hydrogen) atoms. The van der Waals surface area contributed by atoms with E-state index in [1.54, 1.807) is 4.90 Å². The number of aromatic nitrogens is 1. The molecule has 3 aliphatic heterocycles. The van der Waals surface area contributed by atoms with Crippen molar-refractivity contribution in [3.8, 4) is 0 Å². The normalized spacial score (nSPS) is 20.6. The number of fused-ring (bicyclic) bond motifs is 2. The second kappa shape index (κ2) is 7.53. The zero-order chi connectivity index (χ0) is 20.7. The van der Waals surface area contributed by atoms with Crippen molar-refractivity contribution in [2.45, 2.75) is 44.9 Å². The maximum atomic E-state index is 13.2. The Bertz CT molecular complexity index is 1050. The van der Waals surface area contributed by atoms with Gasteiger partial charge in [-0.15, -0.1) is 0 Å². The summed E-state index contributed by atoms with van der Waals surface area (Å²) < 4.78 is 0. The Morgan fingerprint density at radius 3 is 2.93 bits per heavy atom. The highest BCUT2D eigenvalue weighted by Crippen LogP contribution is 2.30. The molecule has 5 rings (SSSR count). The van der Waals surface area contributed by atoms with Crippen LogP contribution in [0, 0.1) is 0 Å². The Balaban J connectivity index is 1.34. The molecule has 0 saturated carbocycles. The lowest BCUT2D eigenvalue weighted by atomic mass is 10.0. The lowest BCUT2D eigenvalue weighted by Crippen LogP contribution is -2.52. The fourth-order valence-electron chi connectivity index (χ4n) is 4.48. The zero-order valence-corrected chi connectivity index (χ0v) is 16.5. The van der Waals surface area contributed by atoms with Gasteiger partial charge in [0.1, 0.15) is 6.04 Å². The minimum absolute atomic E-state index is 0.148. The number of anilines is 1. The lowest BCUT2D eigenvalue weighted by Gasteiger charge is -2.29. The Morgan fingerprint density at radius 1 is 1.17 bits per heavy atom. The summed E-state index contributed by atoms with van der Waals surface area (Å²) >= 11 is 0. The number of pyridine rings is 1. The molecule has 0 spiro atoms. The zero-order valence-electron chi connectivity index (χ0n) is 16.5. The predicted octanol–water partition coefficient (Wildman–Crippen LogP) is 1.10. The number of nitrogens with zero attached hydrogens (tertiary/aromatic N) is 2. The maximum absolute atomic E-state index is 13.2. The number of amides is 3. The van der Waals surface area contributed by atoms with E-state index < -0.39 is 6.04 Å². The Labute approximate surface area is 174 Å². The van der Waals surface area contributed by atoms with Gasteiger partial charge in [0.05, 0.1) is 11.9 Å². The Kier molecular flexibility index (Phi) is 4.71. The van der Waals surface area contributed by atoms with Crippen molar-refractivity contribution >= 4 is 23.4 Å². The molecule has 8 heteroatoms. The van der Waals surface area contributed by atoms with Crippen molar-refractivity contribution in [1.82, 2.24) is 20.5 Å². The maximum Gasteiger partial charge on any atom is 0.255 e. The number of hydrogen-bond donors (Lipinski definition) is 3. The highest BCUT2D eigenvalue weighted by atomic mass is 16.2. The van der Waals surface area contributed by atoms with Gasteiger partial charge in [0, 0.05) is 50.3 Å². The molecule has 1 saturated heterocycles. The van der Waals surface area contributed by atoms with Crippen LogP contribution in [0.2, 0.25) is 0 Å². The van der Waals surface area contributed by atoms with Crippen molar-refractivity contribution in [2.24, 2.45) is 0 Å². The standard InChI is InChI=1S/C22H23N5O3/c28-19-5-4-18(21(29)26-19)27-12-14-3-1-2-13(20(14)22(27)30)10-24-16-8-15-9-23-7-6-17(15)25-11-16/h1-3,8,11,18,23-24H,4-7,9-10,12H2,(H,26,28,29). The summed E-state index contributed by atoms with van der Waals surface area (Å²) in [6.07, 6.45) is 3.40. The number of nitrogens with one attached hydrogen (secondary N) is 3. The molecular formula is C22H23N5O3. The van der Waals surface area contributed by atoms with E-state index in [2.05, 4.69) is 27.0 Å². The molecule has 3 aliphatic rings. The summed E-state index contributed by atoms with van der Waals surface area (Å²) in [5.41, 5.74) is 5.71. The highest BCUT2D eigenvalue weighted by molar-refractivity contribution is 6.06. The predicted molar refractivity (Wildman–Crippen MR) is 109 cm³/mol. The molecule has 154 valence electrons. The van der Waals surface area contributed by atoms with Gasteiger partial charge in [-0.25, -0.2) is 0 Å². The van der Waals surface area contributed by atoms with Crippen LogP contribution in [-0.2, 0) is 35.6 Å². The number of rotatable bonds is 4. The molecule has 1 atom stereocenters. The van der Waals surface area contributed by atoms with E-state index in [1.807, 2.05) is 24.4 Å². The van der Waals surface area contributed by atoms with Crippen LogP contribution in [0.4, 0.5) is 5.69 Å².